The van der Waals surface area contributed by atoms with Crippen LogP contribution in [0.5, 0.6) is 5.75 Å². The highest BCUT2D eigenvalue weighted by atomic mass is 16.6. The maximum Gasteiger partial charge on any atom is 0.410 e. The molecule has 0 saturated carbocycles. The molecule has 1 aliphatic heterocycles. The van der Waals surface area contributed by atoms with Gasteiger partial charge in [-0.3, -0.25) is 9.69 Å². The quantitative estimate of drug-likeness (QED) is 0.898. The van der Waals surface area contributed by atoms with E-state index in [0.29, 0.717) is 24.4 Å². The van der Waals surface area contributed by atoms with Crippen LogP contribution < -0.4 is 10.5 Å². The first-order valence-electron chi connectivity index (χ1n) is 8.81. The second-order valence-electron chi connectivity index (χ2n) is 7.69. The molecule has 0 aliphatic carbocycles. The Kier molecular flexibility index (Phi) is 4.83. The zero-order valence-electron chi connectivity index (χ0n) is 15.8. The average Bonchev–Trinajstić information content (AvgIpc) is 2.57. The van der Waals surface area contributed by atoms with Crippen LogP contribution >= 0.6 is 0 Å². The molecule has 3 rings (SSSR count). The Morgan fingerprint density at radius 3 is 2.11 bits per heavy atom. The molecule has 0 atom stereocenters. The lowest BCUT2D eigenvalue weighted by Gasteiger charge is -2.49. The Bertz CT molecular complexity index is 820. The summed E-state index contributed by atoms with van der Waals surface area (Å²) in [4.78, 5) is 25.2. The number of hydrogen-bond acceptors (Lipinski definition) is 4. The number of primary amides is 1. The smallest absolute Gasteiger partial charge is 0.410 e. The van der Waals surface area contributed by atoms with Crippen molar-refractivity contribution in [3.05, 3.63) is 65.7 Å². The number of likely N-dealkylation sites (tertiary alicyclic amines) is 1. The van der Waals surface area contributed by atoms with Crippen molar-refractivity contribution in [1.82, 2.24) is 4.90 Å². The summed E-state index contributed by atoms with van der Waals surface area (Å²) >= 11 is 0. The van der Waals surface area contributed by atoms with Gasteiger partial charge in [-0.15, -0.1) is 0 Å². The van der Waals surface area contributed by atoms with E-state index >= 15 is 0 Å². The Labute approximate surface area is 158 Å². The first-order chi connectivity index (χ1) is 12.7. The van der Waals surface area contributed by atoms with E-state index in [1.54, 1.807) is 29.2 Å². The number of carbonyl (C=O) groups excluding carboxylic acids is 2. The van der Waals surface area contributed by atoms with Crippen LogP contribution in [0.4, 0.5) is 4.79 Å². The molecule has 2 amide bonds. The van der Waals surface area contributed by atoms with Crippen molar-refractivity contribution in [2.75, 3.05) is 13.1 Å². The van der Waals surface area contributed by atoms with Gasteiger partial charge in [0.25, 0.3) is 0 Å². The van der Waals surface area contributed by atoms with Crippen LogP contribution in [0.3, 0.4) is 0 Å². The lowest BCUT2D eigenvalue weighted by atomic mass is 9.86. The zero-order chi connectivity index (χ0) is 19.7. The SMILES string of the molecule is CC(C)(C)OC(=O)N1CC(Oc2ccc(C(N)=O)cc2)(c2ccccc2)C1. The molecule has 1 aliphatic rings. The summed E-state index contributed by atoms with van der Waals surface area (Å²) in [5.41, 5.74) is 5.47. The molecule has 0 radical (unpaired) electrons. The van der Waals surface area contributed by atoms with Gasteiger partial charge in [-0.05, 0) is 50.6 Å². The first kappa shape index (κ1) is 18.8. The molecule has 0 unspecified atom stereocenters. The fraction of sp³-hybridized carbons (Fsp3) is 0.333. The van der Waals surface area contributed by atoms with Crippen molar-refractivity contribution >= 4 is 12.0 Å². The maximum atomic E-state index is 12.3. The van der Waals surface area contributed by atoms with Crippen molar-refractivity contribution in [2.45, 2.75) is 32.0 Å². The molecule has 1 saturated heterocycles. The van der Waals surface area contributed by atoms with Gasteiger partial charge in [-0.25, -0.2) is 4.79 Å². The lowest BCUT2D eigenvalue weighted by Crippen LogP contribution is -2.64. The molecule has 27 heavy (non-hydrogen) atoms. The van der Waals surface area contributed by atoms with E-state index in [0.717, 1.165) is 5.56 Å². The Hall–Kier alpha value is -3.02. The molecule has 1 fully saturated rings. The normalized spacial score (nSPS) is 15.6. The molecule has 0 spiro atoms. The third-order valence-electron chi connectivity index (χ3n) is 4.30. The summed E-state index contributed by atoms with van der Waals surface area (Å²) in [5.74, 6) is 0.117. The highest BCUT2D eigenvalue weighted by molar-refractivity contribution is 5.92. The number of rotatable bonds is 4. The predicted molar refractivity (Wildman–Crippen MR) is 102 cm³/mol. The summed E-state index contributed by atoms with van der Waals surface area (Å²) in [5, 5.41) is 0. The monoisotopic (exact) mass is 368 g/mol. The molecule has 1 heterocycles. The van der Waals surface area contributed by atoms with Crippen LogP contribution in [0.25, 0.3) is 0 Å². The standard InChI is InChI=1S/C21H24N2O4/c1-20(2,3)27-19(25)23-13-21(14-23,16-7-5-4-6-8-16)26-17-11-9-15(10-12-17)18(22)24/h4-12H,13-14H2,1-3H3,(H2,22,24). The van der Waals surface area contributed by atoms with Gasteiger partial charge >= 0.3 is 6.09 Å². The molecule has 0 bridgehead atoms. The van der Waals surface area contributed by atoms with Crippen LogP contribution in [0.1, 0.15) is 36.7 Å². The van der Waals surface area contributed by atoms with Gasteiger partial charge < -0.3 is 15.2 Å². The number of nitrogens with zero attached hydrogens (tertiary/aromatic N) is 1. The Morgan fingerprint density at radius 2 is 1.59 bits per heavy atom. The summed E-state index contributed by atoms with van der Waals surface area (Å²) < 4.78 is 11.7. The lowest BCUT2D eigenvalue weighted by molar-refractivity contribution is -0.0863. The predicted octanol–water partition coefficient (Wildman–Crippen LogP) is 3.31. The number of benzene rings is 2. The molecule has 0 aromatic heterocycles. The van der Waals surface area contributed by atoms with Crippen molar-refractivity contribution in [3.63, 3.8) is 0 Å². The highest BCUT2D eigenvalue weighted by Crippen LogP contribution is 2.37. The molecule has 6 nitrogen and oxygen atoms in total. The van der Waals surface area contributed by atoms with E-state index in [9.17, 15) is 9.59 Å². The molecular weight excluding hydrogens is 344 g/mol. The summed E-state index contributed by atoms with van der Waals surface area (Å²) in [6.45, 7) is 6.27. The van der Waals surface area contributed by atoms with Gasteiger partial charge in [0.15, 0.2) is 5.60 Å². The van der Waals surface area contributed by atoms with Crippen LogP contribution in [0, 0.1) is 0 Å². The fourth-order valence-electron chi connectivity index (χ4n) is 2.99. The molecular formula is C21H24N2O4. The summed E-state index contributed by atoms with van der Waals surface area (Å²) in [6.07, 6.45) is -0.360. The van der Waals surface area contributed by atoms with E-state index in [2.05, 4.69) is 0 Å². The molecule has 2 aromatic rings. The van der Waals surface area contributed by atoms with Crippen LogP contribution in [-0.4, -0.2) is 35.6 Å². The third-order valence-corrected chi connectivity index (χ3v) is 4.30. The maximum absolute atomic E-state index is 12.3. The van der Waals surface area contributed by atoms with Crippen LogP contribution in [0.15, 0.2) is 54.6 Å². The number of amides is 2. The second kappa shape index (κ2) is 6.95. The van der Waals surface area contributed by atoms with E-state index in [1.165, 1.54) is 0 Å². The van der Waals surface area contributed by atoms with Gasteiger partial charge in [-0.1, -0.05) is 30.3 Å². The minimum absolute atomic E-state index is 0.360. The van der Waals surface area contributed by atoms with Gasteiger partial charge in [0.05, 0.1) is 13.1 Å². The van der Waals surface area contributed by atoms with Crippen molar-refractivity contribution in [3.8, 4) is 5.75 Å². The zero-order valence-corrected chi connectivity index (χ0v) is 15.8. The van der Waals surface area contributed by atoms with Gasteiger partial charge in [0, 0.05) is 5.56 Å². The largest absolute Gasteiger partial charge is 0.479 e. The first-order valence-corrected chi connectivity index (χ1v) is 8.81. The minimum Gasteiger partial charge on any atom is -0.479 e. The van der Waals surface area contributed by atoms with Crippen LogP contribution in [-0.2, 0) is 10.3 Å². The average molecular weight is 368 g/mol. The number of hydrogen-bond donors (Lipinski definition) is 1. The van der Waals surface area contributed by atoms with Crippen molar-refractivity contribution in [1.29, 1.82) is 0 Å². The number of carbonyl (C=O) groups is 2. The van der Waals surface area contributed by atoms with E-state index < -0.39 is 17.1 Å². The van der Waals surface area contributed by atoms with E-state index in [4.69, 9.17) is 15.2 Å². The summed E-state index contributed by atoms with van der Waals surface area (Å²) in [7, 11) is 0. The Balaban J connectivity index is 1.80. The van der Waals surface area contributed by atoms with E-state index in [-0.39, 0.29) is 6.09 Å². The van der Waals surface area contributed by atoms with Gasteiger partial charge in [0.2, 0.25) is 5.91 Å². The number of ether oxygens (including phenoxy) is 2. The molecule has 6 heteroatoms. The summed E-state index contributed by atoms with van der Waals surface area (Å²) in [6, 6.07) is 16.4. The second-order valence-corrected chi connectivity index (χ2v) is 7.69. The topological polar surface area (TPSA) is 81.9 Å². The molecule has 2 N–H and O–H groups in total. The fourth-order valence-corrected chi connectivity index (χ4v) is 2.99. The van der Waals surface area contributed by atoms with Crippen molar-refractivity contribution < 1.29 is 19.1 Å². The minimum atomic E-state index is -0.660. The van der Waals surface area contributed by atoms with Crippen molar-refractivity contribution in [2.24, 2.45) is 5.73 Å². The van der Waals surface area contributed by atoms with Crippen LogP contribution in [0.2, 0.25) is 0 Å². The highest BCUT2D eigenvalue weighted by Gasteiger charge is 2.50. The molecule has 142 valence electrons. The Morgan fingerprint density at radius 1 is 1.00 bits per heavy atom. The third kappa shape index (κ3) is 4.22. The number of nitrogens with two attached hydrogens (primary N) is 1. The van der Waals surface area contributed by atoms with Gasteiger partial charge in [-0.2, -0.15) is 0 Å². The van der Waals surface area contributed by atoms with Gasteiger partial charge in [0.1, 0.15) is 11.4 Å². The van der Waals surface area contributed by atoms with E-state index in [1.807, 2.05) is 51.1 Å². The molecule has 2 aromatic carbocycles.